The van der Waals surface area contributed by atoms with Gasteiger partial charge < -0.3 is 10.1 Å². The molecule has 1 aliphatic rings. The van der Waals surface area contributed by atoms with Gasteiger partial charge in [-0.2, -0.15) is 5.10 Å². The summed E-state index contributed by atoms with van der Waals surface area (Å²) in [5.41, 5.74) is 3.79. The minimum atomic E-state index is -0.255. The van der Waals surface area contributed by atoms with Crippen molar-refractivity contribution in [3.63, 3.8) is 0 Å². The van der Waals surface area contributed by atoms with E-state index in [2.05, 4.69) is 10.6 Å². The summed E-state index contributed by atoms with van der Waals surface area (Å²) in [5.74, 6) is 0.544. The van der Waals surface area contributed by atoms with Crippen LogP contribution in [0.15, 0.2) is 66.5 Å². The molecule has 1 aliphatic heterocycles. The molecule has 0 unspecified atom stereocenters. The van der Waals surface area contributed by atoms with E-state index in [0.29, 0.717) is 10.8 Å². The molecule has 0 radical (unpaired) electrons. The topological polar surface area (TPSA) is 68.2 Å². The summed E-state index contributed by atoms with van der Waals surface area (Å²) >= 11 is 5.03. The predicted molar refractivity (Wildman–Crippen MR) is 117 cm³/mol. The van der Waals surface area contributed by atoms with Gasteiger partial charge in [0.1, 0.15) is 17.1 Å². The second-order valence-electron chi connectivity index (χ2n) is 6.87. The highest BCUT2D eigenvalue weighted by Crippen LogP contribution is 2.28. The Kier molecular flexibility index (Phi) is 5.14. The van der Waals surface area contributed by atoms with Crippen LogP contribution in [0.3, 0.4) is 0 Å². The Balaban J connectivity index is 1.77. The molecule has 2 heterocycles. The van der Waals surface area contributed by atoms with Crippen LogP contribution in [0, 0.1) is 0 Å². The van der Waals surface area contributed by atoms with Gasteiger partial charge in [-0.05, 0) is 68.5 Å². The van der Waals surface area contributed by atoms with Gasteiger partial charge in [0.05, 0.1) is 11.8 Å². The van der Waals surface area contributed by atoms with Crippen LogP contribution in [-0.4, -0.2) is 26.9 Å². The van der Waals surface area contributed by atoms with Gasteiger partial charge in [0.25, 0.3) is 5.91 Å². The lowest BCUT2D eigenvalue weighted by molar-refractivity contribution is -0.115. The quantitative estimate of drug-likeness (QED) is 0.502. The van der Waals surface area contributed by atoms with Crippen LogP contribution in [0.4, 0.5) is 0 Å². The molecule has 7 heteroatoms. The van der Waals surface area contributed by atoms with E-state index in [4.69, 9.17) is 22.1 Å². The molecule has 2 aromatic carbocycles. The van der Waals surface area contributed by atoms with Gasteiger partial charge in [-0.3, -0.25) is 10.1 Å². The van der Waals surface area contributed by atoms with E-state index in [1.807, 2.05) is 74.6 Å². The number of thiocarbonyl (C=S) groups is 1. The normalized spacial score (nSPS) is 14.9. The first-order valence-electron chi connectivity index (χ1n) is 9.26. The van der Waals surface area contributed by atoms with E-state index in [1.54, 1.807) is 10.8 Å². The molecular weight excluding hydrogens is 384 g/mol. The monoisotopic (exact) mass is 404 g/mol. The minimum Gasteiger partial charge on any atom is -0.491 e. The van der Waals surface area contributed by atoms with Crippen LogP contribution >= 0.6 is 12.2 Å². The van der Waals surface area contributed by atoms with Crippen molar-refractivity contribution in [2.24, 2.45) is 0 Å². The van der Waals surface area contributed by atoms with Crippen molar-refractivity contribution in [1.82, 2.24) is 20.4 Å². The number of ether oxygens (including phenoxy) is 1. The summed E-state index contributed by atoms with van der Waals surface area (Å²) in [6, 6.07) is 17.6. The molecule has 0 spiro atoms. The standard InChI is InChI=1S/C22H20N4O2S/c1-14(2)28-18-10-8-15(9-11-18)20-16(12-19-21(27)24-22(29)23-19)13-26(25-20)17-6-4-3-5-7-17/h3-14H,1-2H3,(H2,23,24,27,29)/b19-12-. The molecule has 6 nitrogen and oxygen atoms in total. The lowest BCUT2D eigenvalue weighted by Crippen LogP contribution is -2.21. The number of hydrogen-bond acceptors (Lipinski definition) is 4. The third-order valence-corrected chi connectivity index (χ3v) is 4.49. The van der Waals surface area contributed by atoms with E-state index in [9.17, 15) is 4.79 Å². The summed E-state index contributed by atoms with van der Waals surface area (Å²) < 4.78 is 7.53. The van der Waals surface area contributed by atoms with Crippen molar-refractivity contribution in [3.05, 3.63) is 72.1 Å². The molecule has 1 saturated heterocycles. The molecule has 0 bridgehead atoms. The van der Waals surface area contributed by atoms with E-state index < -0.39 is 0 Å². The summed E-state index contributed by atoms with van der Waals surface area (Å²) in [4.78, 5) is 12.1. The molecule has 146 valence electrons. The van der Waals surface area contributed by atoms with Gasteiger partial charge in [0.15, 0.2) is 5.11 Å². The van der Waals surface area contributed by atoms with E-state index in [1.165, 1.54) is 0 Å². The molecule has 3 aromatic rings. The fourth-order valence-corrected chi connectivity index (χ4v) is 3.23. The first-order valence-corrected chi connectivity index (χ1v) is 9.66. The van der Waals surface area contributed by atoms with Crippen LogP contribution in [0.1, 0.15) is 19.4 Å². The van der Waals surface area contributed by atoms with Gasteiger partial charge in [-0.25, -0.2) is 4.68 Å². The van der Waals surface area contributed by atoms with Crippen LogP contribution in [0.2, 0.25) is 0 Å². The highest BCUT2D eigenvalue weighted by molar-refractivity contribution is 7.80. The molecule has 2 N–H and O–H groups in total. The number of hydrogen-bond donors (Lipinski definition) is 2. The second kappa shape index (κ2) is 7.89. The fraction of sp³-hybridized carbons (Fsp3) is 0.136. The third kappa shape index (κ3) is 4.20. The number of carbonyl (C=O) groups is 1. The van der Waals surface area contributed by atoms with Crippen LogP contribution in [0.5, 0.6) is 5.75 Å². The van der Waals surface area contributed by atoms with Gasteiger partial charge in [-0.15, -0.1) is 0 Å². The van der Waals surface area contributed by atoms with Crippen molar-refractivity contribution < 1.29 is 9.53 Å². The number of nitrogens with one attached hydrogen (secondary N) is 2. The Morgan fingerprint density at radius 2 is 1.79 bits per heavy atom. The second-order valence-corrected chi connectivity index (χ2v) is 7.28. The largest absolute Gasteiger partial charge is 0.491 e. The smallest absolute Gasteiger partial charge is 0.273 e. The van der Waals surface area contributed by atoms with Crippen LogP contribution in [-0.2, 0) is 4.79 Å². The first kappa shape index (κ1) is 18.9. The van der Waals surface area contributed by atoms with Crippen molar-refractivity contribution in [2.75, 3.05) is 0 Å². The minimum absolute atomic E-state index is 0.106. The number of amides is 1. The summed E-state index contributed by atoms with van der Waals surface area (Å²) in [7, 11) is 0. The highest BCUT2D eigenvalue weighted by Gasteiger charge is 2.21. The first-order chi connectivity index (χ1) is 14.0. The van der Waals surface area contributed by atoms with Crippen molar-refractivity contribution >= 4 is 29.3 Å². The fourth-order valence-electron chi connectivity index (χ4n) is 3.03. The maximum atomic E-state index is 12.1. The number of carbonyl (C=O) groups excluding carboxylic acids is 1. The molecule has 1 fully saturated rings. The molecule has 4 rings (SSSR count). The number of benzene rings is 2. The Bertz CT molecular complexity index is 1090. The molecule has 0 atom stereocenters. The van der Waals surface area contributed by atoms with Gasteiger partial charge >= 0.3 is 0 Å². The molecule has 1 amide bonds. The summed E-state index contributed by atoms with van der Waals surface area (Å²) in [5, 5.41) is 10.5. The number of rotatable bonds is 5. The SMILES string of the molecule is CC(C)Oc1ccc(-c2nn(-c3ccccc3)cc2/C=C2\NC(=S)NC2=O)cc1. The number of nitrogens with zero attached hydrogens (tertiary/aromatic N) is 2. The van der Waals surface area contributed by atoms with Crippen LogP contribution < -0.4 is 15.4 Å². The predicted octanol–water partition coefficient (Wildman–Crippen LogP) is 3.67. The summed E-state index contributed by atoms with van der Waals surface area (Å²) in [6.07, 6.45) is 3.76. The van der Waals surface area contributed by atoms with E-state index >= 15 is 0 Å². The third-order valence-electron chi connectivity index (χ3n) is 4.28. The van der Waals surface area contributed by atoms with Crippen molar-refractivity contribution in [1.29, 1.82) is 0 Å². The molecule has 1 aromatic heterocycles. The zero-order chi connectivity index (χ0) is 20.4. The average molecular weight is 404 g/mol. The molecule has 29 heavy (non-hydrogen) atoms. The Hall–Kier alpha value is -3.45. The van der Waals surface area contributed by atoms with Gasteiger partial charge in [0, 0.05) is 17.3 Å². The maximum absolute atomic E-state index is 12.1. The number of aromatic nitrogens is 2. The van der Waals surface area contributed by atoms with Crippen molar-refractivity contribution in [3.8, 4) is 22.7 Å². The van der Waals surface area contributed by atoms with Gasteiger partial charge in [-0.1, -0.05) is 18.2 Å². The highest BCUT2D eigenvalue weighted by atomic mass is 32.1. The molecular formula is C22H20N4O2S. The van der Waals surface area contributed by atoms with Crippen molar-refractivity contribution in [2.45, 2.75) is 20.0 Å². The lowest BCUT2D eigenvalue weighted by atomic mass is 10.1. The Morgan fingerprint density at radius 3 is 2.41 bits per heavy atom. The Morgan fingerprint density at radius 1 is 1.07 bits per heavy atom. The van der Waals surface area contributed by atoms with Crippen LogP contribution in [0.25, 0.3) is 23.0 Å². The van der Waals surface area contributed by atoms with E-state index in [0.717, 1.165) is 28.3 Å². The lowest BCUT2D eigenvalue weighted by Gasteiger charge is -2.09. The zero-order valence-corrected chi connectivity index (χ0v) is 16.9. The Labute approximate surface area is 174 Å². The molecule has 0 saturated carbocycles. The number of para-hydroxylation sites is 1. The molecule has 0 aliphatic carbocycles. The van der Waals surface area contributed by atoms with Gasteiger partial charge in [0.2, 0.25) is 0 Å². The summed E-state index contributed by atoms with van der Waals surface area (Å²) in [6.45, 7) is 3.98. The average Bonchev–Trinajstić information content (AvgIpc) is 3.26. The maximum Gasteiger partial charge on any atom is 0.273 e. The zero-order valence-electron chi connectivity index (χ0n) is 16.0. The van der Waals surface area contributed by atoms with E-state index in [-0.39, 0.29) is 12.0 Å².